The van der Waals surface area contributed by atoms with E-state index in [0.717, 1.165) is 92.5 Å². The molecule has 3 N–H and O–H groups in total. The molecule has 2 aliphatic carbocycles. The quantitative estimate of drug-likeness (QED) is 0.128. The van der Waals surface area contributed by atoms with Gasteiger partial charge in [0.05, 0.1) is 43.0 Å². The van der Waals surface area contributed by atoms with Crippen LogP contribution in [0.3, 0.4) is 0 Å². The SMILES string of the molecule is COC(=O)N[C@H](C(=O)N1[C@@H]2C[C@@H]2C[C@H]1C1=Nc2ccc(-c3ccc4cc(-c5ccc6nc([C@@H]7C[C@H]8C[C@H]8N7C(=O)[C@@H](NC(=O)OC)C(C)C)[nH]c6c5)ccc4c3)cc2C1)C(C)C. The summed E-state index contributed by atoms with van der Waals surface area (Å²) < 4.78 is 9.66. The monoisotopic (exact) mass is 835 g/mol. The fraction of sp³-hybridized carbons (Fsp3) is 0.429. The largest absolute Gasteiger partial charge is 0.453 e. The van der Waals surface area contributed by atoms with Crippen LogP contribution in [0.5, 0.6) is 0 Å². The van der Waals surface area contributed by atoms with E-state index in [2.05, 4.69) is 82.3 Å². The second-order valence-electron chi connectivity index (χ2n) is 18.6. The predicted octanol–water partition coefficient (Wildman–Crippen LogP) is 8.09. The van der Waals surface area contributed by atoms with Gasteiger partial charge in [-0.2, -0.15) is 0 Å². The zero-order valence-electron chi connectivity index (χ0n) is 36.0. The lowest BCUT2D eigenvalue weighted by molar-refractivity contribution is -0.137. The van der Waals surface area contributed by atoms with E-state index >= 15 is 0 Å². The minimum absolute atomic E-state index is 0.0556. The molecule has 8 atom stereocenters. The maximum Gasteiger partial charge on any atom is 0.407 e. The fourth-order valence-corrected chi connectivity index (χ4v) is 10.4. The molecule has 4 amide bonds. The second-order valence-corrected chi connectivity index (χ2v) is 18.6. The zero-order valence-corrected chi connectivity index (χ0v) is 36.0. The van der Waals surface area contributed by atoms with Crippen molar-refractivity contribution in [1.29, 1.82) is 0 Å². The van der Waals surface area contributed by atoms with Gasteiger partial charge in [0.15, 0.2) is 0 Å². The van der Waals surface area contributed by atoms with Crippen molar-refractivity contribution in [3.8, 4) is 22.3 Å². The number of carbonyl (C=O) groups excluding carboxylic acids is 4. The number of aromatic nitrogens is 2. The summed E-state index contributed by atoms with van der Waals surface area (Å²) in [6, 6.07) is 24.6. The van der Waals surface area contributed by atoms with Crippen molar-refractivity contribution in [3.63, 3.8) is 0 Å². The van der Waals surface area contributed by atoms with Crippen LogP contribution >= 0.6 is 0 Å². The summed E-state index contributed by atoms with van der Waals surface area (Å²) in [5, 5.41) is 7.80. The first-order chi connectivity index (χ1) is 29.9. The summed E-state index contributed by atoms with van der Waals surface area (Å²) in [6.45, 7) is 7.75. The van der Waals surface area contributed by atoms with Crippen LogP contribution in [-0.2, 0) is 25.5 Å². The summed E-state index contributed by atoms with van der Waals surface area (Å²) in [5.41, 5.74) is 9.30. The van der Waals surface area contributed by atoms with E-state index in [4.69, 9.17) is 19.5 Å². The molecule has 3 aliphatic heterocycles. The molecule has 5 aromatic rings. The van der Waals surface area contributed by atoms with Crippen LogP contribution in [0.2, 0.25) is 0 Å². The Hall–Kier alpha value is -6.24. The number of hydrogen-bond acceptors (Lipinski definition) is 8. The zero-order chi connectivity index (χ0) is 43.1. The van der Waals surface area contributed by atoms with E-state index in [9.17, 15) is 19.2 Å². The van der Waals surface area contributed by atoms with Crippen LogP contribution < -0.4 is 10.6 Å². The number of nitrogens with zero attached hydrogens (tertiary/aromatic N) is 4. The number of amides is 4. The van der Waals surface area contributed by atoms with Gasteiger partial charge < -0.3 is 34.9 Å². The summed E-state index contributed by atoms with van der Waals surface area (Å²) in [4.78, 5) is 69.7. The Bertz CT molecular complexity index is 2690. The smallest absolute Gasteiger partial charge is 0.407 e. The molecule has 13 nitrogen and oxygen atoms in total. The highest BCUT2D eigenvalue weighted by molar-refractivity contribution is 6.02. The van der Waals surface area contributed by atoms with Crippen molar-refractivity contribution in [2.24, 2.45) is 28.7 Å². The number of likely N-dealkylation sites (tertiary alicyclic amines) is 2. The number of nitrogens with one attached hydrogen (secondary N) is 3. The molecule has 1 aromatic heterocycles. The molecule has 10 rings (SSSR count). The highest BCUT2D eigenvalue weighted by atomic mass is 16.5. The average Bonchev–Trinajstić information content (AvgIpc) is 3.93. The van der Waals surface area contributed by atoms with Gasteiger partial charge in [-0.15, -0.1) is 0 Å². The minimum Gasteiger partial charge on any atom is -0.453 e. The molecule has 4 aromatic carbocycles. The Labute approximate surface area is 360 Å². The van der Waals surface area contributed by atoms with Gasteiger partial charge in [-0.3, -0.25) is 14.6 Å². The highest BCUT2D eigenvalue weighted by Gasteiger charge is 2.57. The van der Waals surface area contributed by atoms with Gasteiger partial charge in [0.1, 0.15) is 17.9 Å². The summed E-state index contributed by atoms with van der Waals surface area (Å²) in [6.07, 6.45) is 3.22. The number of carbonyl (C=O) groups is 4. The van der Waals surface area contributed by atoms with Crippen molar-refractivity contribution >= 4 is 57.2 Å². The van der Waals surface area contributed by atoms with Gasteiger partial charge in [0.25, 0.3) is 0 Å². The Morgan fingerprint density at radius 2 is 1.18 bits per heavy atom. The third kappa shape index (κ3) is 7.04. The lowest BCUT2D eigenvalue weighted by atomic mass is 9.95. The summed E-state index contributed by atoms with van der Waals surface area (Å²) in [7, 11) is 2.63. The number of alkyl carbamates (subject to hydrolysis) is 2. The first kappa shape index (κ1) is 39.9. The van der Waals surface area contributed by atoms with E-state index in [0.29, 0.717) is 18.3 Å². The van der Waals surface area contributed by atoms with E-state index in [1.807, 2.05) is 43.6 Å². The lowest BCUT2D eigenvalue weighted by Gasteiger charge is -2.32. The Morgan fingerprint density at radius 1 is 0.661 bits per heavy atom. The number of imidazole rings is 1. The molecule has 13 heteroatoms. The van der Waals surface area contributed by atoms with Gasteiger partial charge in [-0.1, -0.05) is 64.1 Å². The van der Waals surface area contributed by atoms with Gasteiger partial charge in [0, 0.05) is 24.2 Å². The molecule has 0 radical (unpaired) electrons. The molecule has 4 heterocycles. The topological polar surface area (TPSA) is 158 Å². The average molecular weight is 836 g/mol. The normalized spacial score (nSPS) is 24.1. The van der Waals surface area contributed by atoms with Crippen molar-refractivity contribution in [2.75, 3.05) is 14.2 Å². The van der Waals surface area contributed by atoms with E-state index < -0.39 is 24.3 Å². The first-order valence-corrected chi connectivity index (χ1v) is 22.0. The Morgan fingerprint density at radius 3 is 1.76 bits per heavy atom. The molecule has 0 unspecified atom stereocenters. The fourth-order valence-electron chi connectivity index (χ4n) is 10.4. The third-order valence-corrected chi connectivity index (χ3v) is 13.9. The van der Waals surface area contributed by atoms with Crippen LogP contribution in [0.25, 0.3) is 44.1 Å². The molecule has 62 heavy (non-hydrogen) atoms. The van der Waals surface area contributed by atoms with E-state index in [-0.39, 0.29) is 47.8 Å². The minimum atomic E-state index is -0.678. The lowest BCUT2D eigenvalue weighted by Crippen LogP contribution is -2.55. The van der Waals surface area contributed by atoms with E-state index in [1.54, 1.807) is 0 Å². The number of hydrogen-bond donors (Lipinski definition) is 3. The number of piperidine rings is 2. The molecule has 5 aliphatic rings. The van der Waals surface area contributed by atoms with Gasteiger partial charge >= 0.3 is 12.2 Å². The molecule has 0 spiro atoms. The first-order valence-electron chi connectivity index (χ1n) is 22.0. The summed E-state index contributed by atoms with van der Waals surface area (Å²) >= 11 is 0. The predicted molar refractivity (Wildman–Crippen MR) is 237 cm³/mol. The third-order valence-electron chi connectivity index (χ3n) is 13.9. The molecular weight excluding hydrogens is 783 g/mol. The maximum absolute atomic E-state index is 13.9. The molecule has 2 saturated heterocycles. The maximum atomic E-state index is 13.9. The van der Waals surface area contributed by atoms with Crippen LogP contribution in [0.1, 0.15) is 70.8 Å². The highest BCUT2D eigenvalue weighted by Crippen LogP contribution is 2.54. The van der Waals surface area contributed by atoms with Gasteiger partial charge in [0.2, 0.25) is 11.8 Å². The van der Waals surface area contributed by atoms with Crippen molar-refractivity contribution in [3.05, 3.63) is 84.2 Å². The number of benzene rings is 4. The van der Waals surface area contributed by atoms with Crippen molar-refractivity contribution < 1.29 is 28.7 Å². The number of aromatic amines is 1. The second kappa shape index (κ2) is 15.3. The van der Waals surface area contributed by atoms with Crippen LogP contribution in [-0.4, -0.2) is 93.9 Å². The molecule has 4 fully saturated rings. The number of rotatable bonds is 10. The number of H-pyrrole nitrogens is 1. The van der Waals surface area contributed by atoms with Crippen molar-refractivity contribution in [2.45, 2.75) is 96.1 Å². The van der Waals surface area contributed by atoms with Gasteiger partial charge in [-0.05, 0) is 124 Å². The molecular formula is C49H53N7O6. The van der Waals surface area contributed by atoms with Crippen LogP contribution in [0.4, 0.5) is 15.3 Å². The van der Waals surface area contributed by atoms with E-state index in [1.165, 1.54) is 14.2 Å². The standard InChI is InChI=1S/C49H53N7O6/c1-24(2)43(53-48(59)61-5)46(57)55-39-20-33(39)22-41(55)38-19-32-17-30(11-13-35(32)50-38)28-8-7-27-16-29(10-9-26(27)15-28)31-12-14-36-37(18-31)52-45(51-36)42-23-34-21-40(34)56(42)47(58)44(25(3)4)54-49(60)62-6/h7-18,24-25,33-34,39-44H,19-23H2,1-6H3,(H,51,52)(H,53,59)(H,54,60)/t33-,34-,39-,40-,41+,42+,43+,44+/m1/s1. The number of methoxy groups -OCH3 is 2. The Balaban J connectivity index is 0.843. The molecule has 320 valence electrons. The summed E-state index contributed by atoms with van der Waals surface area (Å²) in [5.74, 6) is 1.37. The number of ether oxygens (including phenoxy) is 2. The van der Waals surface area contributed by atoms with Crippen LogP contribution in [0, 0.1) is 23.7 Å². The number of fused-ring (bicyclic) bond motifs is 5. The van der Waals surface area contributed by atoms with Crippen LogP contribution in [0.15, 0.2) is 77.8 Å². The molecule has 2 saturated carbocycles. The van der Waals surface area contributed by atoms with Crippen molar-refractivity contribution in [1.82, 2.24) is 30.4 Å². The molecule has 0 bridgehead atoms. The van der Waals surface area contributed by atoms with Gasteiger partial charge in [-0.25, -0.2) is 14.6 Å². The number of aliphatic imine (C=N–C) groups is 1. The Kier molecular flexibility index (Phi) is 9.83.